The minimum atomic E-state index is -1.74. The van der Waals surface area contributed by atoms with E-state index in [0.717, 1.165) is 11.5 Å². The number of hydrogen-bond acceptors (Lipinski definition) is 2. The van der Waals surface area contributed by atoms with E-state index in [1.54, 1.807) is 0 Å². The molecule has 2 aromatic carbocycles. The highest BCUT2D eigenvalue weighted by Gasteiger charge is 2.41. The van der Waals surface area contributed by atoms with E-state index in [1.165, 1.54) is 32.4 Å². The van der Waals surface area contributed by atoms with Crippen LogP contribution in [0.4, 0.5) is 0 Å². The summed E-state index contributed by atoms with van der Waals surface area (Å²) in [5.41, 5.74) is 3.67. The first-order chi connectivity index (χ1) is 10.00. The maximum Gasteiger partial charge on any atom is 0.126 e. The van der Waals surface area contributed by atoms with Gasteiger partial charge in [-0.2, -0.15) is 0 Å². The zero-order chi connectivity index (χ0) is 14.8. The van der Waals surface area contributed by atoms with Crippen LogP contribution in [0.2, 0.25) is 13.1 Å². The van der Waals surface area contributed by atoms with Crippen LogP contribution in [-0.4, -0.2) is 18.0 Å². The zero-order valence-electron chi connectivity index (χ0n) is 12.9. The lowest BCUT2D eigenvalue weighted by molar-refractivity contribution is 1.03. The number of rotatable bonds is 0. The Kier molecular flexibility index (Phi) is 2.43. The third kappa shape index (κ3) is 1.58. The average Bonchev–Trinajstić information content (AvgIpc) is 2.67. The molecule has 104 valence electrons. The first kappa shape index (κ1) is 12.7. The van der Waals surface area contributed by atoms with Crippen molar-refractivity contribution in [2.45, 2.75) is 26.9 Å². The smallest absolute Gasteiger partial charge is 0.126 e. The molecule has 0 saturated carbocycles. The summed E-state index contributed by atoms with van der Waals surface area (Å²) in [5, 5.41) is 5.66. The fraction of sp³-hybridized carbons (Fsp3) is 0.222. The average molecular weight is 290 g/mol. The van der Waals surface area contributed by atoms with Gasteiger partial charge in [0.1, 0.15) is 13.9 Å². The summed E-state index contributed by atoms with van der Waals surface area (Å²) in [6.45, 7) is 8.98. The van der Waals surface area contributed by atoms with E-state index in [2.05, 4.69) is 61.4 Å². The van der Waals surface area contributed by atoms with Gasteiger partial charge < -0.3 is 0 Å². The molecule has 0 atom stereocenters. The van der Waals surface area contributed by atoms with E-state index >= 15 is 0 Å². The quantitative estimate of drug-likeness (QED) is 0.595. The molecule has 0 bridgehead atoms. The molecule has 1 aliphatic rings. The lowest BCUT2D eigenvalue weighted by atomic mass is 10.0. The molecule has 0 unspecified atom stereocenters. The van der Waals surface area contributed by atoms with E-state index in [1.807, 2.05) is 6.92 Å². The van der Waals surface area contributed by atoms with E-state index < -0.39 is 8.07 Å². The summed E-state index contributed by atoms with van der Waals surface area (Å²) in [7, 11) is -1.74. The van der Waals surface area contributed by atoms with Crippen molar-refractivity contribution in [3.63, 3.8) is 0 Å². The fourth-order valence-electron chi connectivity index (χ4n) is 3.92. The van der Waals surface area contributed by atoms with Crippen LogP contribution in [-0.2, 0) is 0 Å². The van der Waals surface area contributed by atoms with E-state index in [-0.39, 0.29) is 0 Å². The van der Waals surface area contributed by atoms with Gasteiger partial charge in [0.05, 0.1) is 5.69 Å². The molecule has 0 saturated heterocycles. The summed E-state index contributed by atoms with van der Waals surface area (Å²) in [5.74, 6) is 0.872. The molecular formula is C18H18N2Si. The predicted molar refractivity (Wildman–Crippen MR) is 91.2 cm³/mol. The van der Waals surface area contributed by atoms with Crippen molar-refractivity contribution >= 4 is 29.2 Å². The summed E-state index contributed by atoms with van der Waals surface area (Å²) in [4.78, 5) is 9.41. The third-order valence-corrected chi connectivity index (χ3v) is 8.27. The van der Waals surface area contributed by atoms with Crippen molar-refractivity contribution in [3.05, 3.63) is 47.9 Å². The Bertz CT molecular complexity index is 897. The van der Waals surface area contributed by atoms with Crippen LogP contribution in [0.25, 0.3) is 22.0 Å². The molecule has 2 heterocycles. The van der Waals surface area contributed by atoms with Gasteiger partial charge in [0, 0.05) is 11.3 Å². The van der Waals surface area contributed by atoms with Crippen LogP contribution >= 0.6 is 0 Å². The molecule has 21 heavy (non-hydrogen) atoms. The number of benzene rings is 2. The van der Waals surface area contributed by atoms with E-state index in [0.29, 0.717) is 0 Å². The van der Waals surface area contributed by atoms with Crippen molar-refractivity contribution in [3.8, 4) is 11.3 Å². The second kappa shape index (κ2) is 4.01. The number of fused-ring (bicyclic) bond motifs is 5. The van der Waals surface area contributed by atoms with Gasteiger partial charge in [-0.25, -0.2) is 9.97 Å². The van der Waals surface area contributed by atoms with Gasteiger partial charge in [0.2, 0.25) is 0 Å². The summed E-state index contributed by atoms with van der Waals surface area (Å²) in [6.07, 6.45) is 0. The summed E-state index contributed by atoms with van der Waals surface area (Å²) < 4.78 is 0. The van der Waals surface area contributed by atoms with Crippen LogP contribution in [0.15, 0.2) is 36.4 Å². The zero-order valence-corrected chi connectivity index (χ0v) is 13.9. The number of nitrogens with zero attached hydrogens (tertiary/aromatic N) is 2. The van der Waals surface area contributed by atoms with Crippen molar-refractivity contribution in [1.29, 1.82) is 0 Å². The standard InChI is InChI=1S/C18H18N2Si/c1-11-17-16(20-12(2)19-11)15-10-9-13-7-5-6-8-14(13)18(15)21(17,3)4/h5-10H,1-4H3. The highest BCUT2D eigenvalue weighted by atomic mass is 28.3. The van der Waals surface area contributed by atoms with Gasteiger partial charge in [0.25, 0.3) is 0 Å². The van der Waals surface area contributed by atoms with Crippen LogP contribution < -0.4 is 10.4 Å². The van der Waals surface area contributed by atoms with Crippen LogP contribution in [0.5, 0.6) is 0 Å². The molecule has 0 amide bonds. The lowest BCUT2D eigenvalue weighted by Gasteiger charge is -2.21. The van der Waals surface area contributed by atoms with Crippen LogP contribution in [0.1, 0.15) is 11.5 Å². The molecule has 0 spiro atoms. The number of aryl methyl sites for hydroxylation is 2. The normalized spacial score (nSPS) is 15.0. The molecule has 3 heteroatoms. The van der Waals surface area contributed by atoms with Gasteiger partial charge in [-0.3, -0.25) is 0 Å². The molecule has 1 aliphatic heterocycles. The molecule has 1 aromatic heterocycles. The van der Waals surface area contributed by atoms with E-state index in [9.17, 15) is 0 Å². The first-order valence-corrected chi connectivity index (χ1v) is 10.4. The second-order valence-corrected chi connectivity index (χ2v) is 10.7. The SMILES string of the molecule is Cc1nc(C)c2c(n1)-c1ccc3ccccc3c1[Si]2(C)C. The molecule has 0 N–H and O–H groups in total. The minimum Gasteiger partial charge on any atom is -0.239 e. The maximum atomic E-state index is 4.78. The molecule has 0 radical (unpaired) electrons. The number of hydrogen-bond donors (Lipinski definition) is 0. The fourth-order valence-corrected chi connectivity index (χ4v) is 7.69. The Morgan fingerprint density at radius 1 is 0.857 bits per heavy atom. The monoisotopic (exact) mass is 290 g/mol. The van der Waals surface area contributed by atoms with Gasteiger partial charge in [-0.15, -0.1) is 0 Å². The van der Waals surface area contributed by atoms with Crippen LogP contribution in [0, 0.1) is 13.8 Å². The molecular weight excluding hydrogens is 272 g/mol. The summed E-state index contributed by atoms with van der Waals surface area (Å²) >= 11 is 0. The Labute approximate surface area is 125 Å². The molecule has 0 aliphatic carbocycles. The Morgan fingerprint density at radius 2 is 1.62 bits per heavy atom. The van der Waals surface area contributed by atoms with Crippen molar-refractivity contribution in [2.24, 2.45) is 0 Å². The molecule has 3 aromatic rings. The largest absolute Gasteiger partial charge is 0.239 e. The van der Waals surface area contributed by atoms with Crippen molar-refractivity contribution in [1.82, 2.24) is 9.97 Å². The van der Waals surface area contributed by atoms with E-state index in [4.69, 9.17) is 4.98 Å². The maximum absolute atomic E-state index is 4.78. The molecule has 4 rings (SSSR count). The number of aromatic nitrogens is 2. The van der Waals surface area contributed by atoms with Gasteiger partial charge in [-0.05, 0) is 35.0 Å². The molecule has 2 nitrogen and oxygen atoms in total. The van der Waals surface area contributed by atoms with Crippen molar-refractivity contribution in [2.75, 3.05) is 0 Å². The van der Waals surface area contributed by atoms with Crippen LogP contribution in [0.3, 0.4) is 0 Å². The Morgan fingerprint density at radius 3 is 2.43 bits per heavy atom. The summed E-state index contributed by atoms with van der Waals surface area (Å²) in [6, 6.07) is 13.2. The lowest BCUT2D eigenvalue weighted by Crippen LogP contribution is -2.51. The van der Waals surface area contributed by atoms with Gasteiger partial charge in [-0.1, -0.05) is 49.5 Å². The topological polar surface area (TPSA) is 25.8 Å². The minimum absolute atomic E-state index is 0.872. The Hall–Kier alpha value is -2.00. The van der Waals surface area contributed by atoms with Gasteiger partial charge in [0.15, 0.2) is 0 Å². The van der Waals surface area contributed by atoms with Crippen molar-refractivity contribution < 1.29 is 0 Å². The third-order valence-electron chi connectivity index (χ3n) is 4.64. The Balaban J connectivity index is 2.20. The second-order valence-electron chi connectivity index (χ2n) is 6.41. The molecule has 0 fully saturated rings. The highest BCUT2D eigenvalue weighted by Crippen LogP contribution is 2.31. The van der Waals surface area contributed by atoms with Gasteiger partial charge >= 0.3 is 0 Å². The highest BCUT2D eigenvalue weighted by molar-refractivity contribution is 7.05. The first-order valence-electron chi connectivity index (χ1n) is 7.38. The predicted octanol–water partition coefficient (Wildman–Crippen LogP) is 3.05.